The summed E-state index contributed by atoms with van der Waals surface area (Å²) in [5, 5.41) is 9.94. The van der Waals surface area contributed by atoms with Gasteiger partial charge in [-0.25, -0.2) is 4.79 Å². The molecule has 0 radical (unpaired) electrons. The van der Waals surface area contributed by atoms with Crippen molar-refractivity contribution >= 4 is 35.4 Å². The van der Waals surface area contributed by atoms with Gasteiger partial charge < -0.3 is 30.7 Å². The van der Waals surface area contributed by atoms with Gasteiger partial charge in [0.1, 0.15) is 23.6 Å². The first-order valence-corrected chi connectivity index (χ1v) is 15.8. The highest BCUT2D eigenvalue weighted by Crippen LogP contribution is 2.59. The third kappa shape index (κ3) is 8.40. The fourth-order valence-electron chi connectivity index (χ4n) is 7.81. The summed E-state index contributed by atoms with van der Waals surface area (Å²) < 4.78 is 9.97. The van der Waals surface area contributed by atoms with Crippen LogP contribution in [0.4, 0.5) is 4.79 Å². The Morgan fingerprint density at radius 2 is 1.69 bits per heavy atom. The third-order valence-corrected chi connectivity index (χ3v) is 9.32. The molecular formula is C33H45N5O7. The Hall–Kier alpha value is -3.96. The molecule has 1 aromatic carbocycles. The second-order valence-corrected chi connectivity index (χ2v) is 14.3. The normalized spacial score (nSPS) is 27.6. The van der Waals surface area contributed by atoms with E-state index in [1.165, 1.54) is 26.4 Å². The highest BCUT2D eigenvalue weighted by Gasteiger charge is 2.51. The van der Waals surface area contributed by atoms with Crippen LogP contribution in [0.5, 0.6) is 0 Å². The van der Waals surface area contributed by atoms with Gasteiger partial charge in [-0.2, -0.15) is 4.99 Å². The number of methoxy groups -OCH3 is 1. The number of oxime groups is 1. The van der Waals surface area contributed by atoms with Crippen LogP contribution in [0.2, 0.25) is 0 Å². The first kappa shape index (κ1) is 32.4. The van der Waals surface area contributed by atoms with Crippen molar-refractivity contribution in [1.82, 2.24) is 10.6 Å². The molecule has 12 nitrogen and oxygen atoms in total. The van der Waals surface area contributed by atoms with Crippen molar-refractivity contribution in [2.75, 3.05) is 13.7 Å². The molecule has 0 spiro atoms. The molecule has 4 saturated carbocycles. The van der Waals surface area contributed by atoms with Gasteiger partial charge >= 0.3 is 12.1 Å². The molecule has 4 aliphatic carbocycles. The predicted octanol–water partition coefficient (Wildman–Crippen LogP) is 3.59. The molecule has 4 fully saturated rings. The maximum absolute atomic E-state index is 13.3. The number of amides is 3. The Labute approximate surface area is 263 Å². The van der Waals surface area contributed by atoms with Crippen molar-refractivity contribution in [1.29, 1.82) is 0 Å². The third-order valence-electron chi connectivity index (χ3n) is 9.32. The molecule has 12 heteroatoms. The summed E-state index contributed by atoms with van der Waals surface area (Å²) in [4.78, 5) is 59.7. The Morgan fingerprint density at radius 3 is 2.27 bits per heavy atom. The minimum absolute atomic E-state index is 0.0263. The number of rotatable bonds is 10. The zero-order valence-corrected chi connectivity index (χ0v) is 26.6. The summed E-state index contributed by atoms with van der Waals surface area (Å²) in [5.41, 5.74) is 7.37. The van der Waals surface area contributed by atoms with Gasteiger partial charge in [0.25, 0.3) is 0 Å². The SMILES string of the molecule is COC(=O)C[C@H](NC(=O)CC1CC(c2ccc(/C(N)=N\C(=O)OC(C)(C)C)cc2)=NO1)C(=O)NCC12CC3CC(CC(C3)C1)C2. The van der Waals surface area contributed by atoms with Crippen LogP contribution in [0.15, 0.2) is 34.4 Å². The highest BCUT2D eigenvalue weighted by atomic mass is 16.6. The van der Waals surface area contributed by atoms with E-state index in [4.69, 9.17) is 20.0 Å². The van der Waals surface area contributed by atoms with Crippen molar-refractivity contribution < 1.29 is 33.5 Å². The monoisotopic (exact) mass is 623 g/mol. The van der Waals surface area contributed by atoms with Crippen molar-refractivity contribution in [2.45, 2.75) is 96.3 Å². The number of nitrogens with one attached hydrogen (secondary N) is 2. The number of nitrogens with zero attached hydrogens (tertiary/aromatic N) is 2. The van der Waals surface area contributed by atoms with E-state index in [0.29, 0.717) is 24.2 Å². The predicted molar refractivity (Wildman–Crippen MR) is 166 cm³/mol. The minimum Gasteiger partial charge on any atom is -0.469 e. The molecule has 6 rings (SSSR count). The van der Waals surface area contributed by atoms with Gasteiger partial charge in [0.15, 0.2) is 0 Å². The number of hydrogen-bond acceptors (Lipinski definition) is 8. The van der Waals surface area contributed by atoms with Gasteiger partial charge in [0.05, 0.1) is 25.7 Å². The molecule has 4 bridgehead atoms. The van der Waals surface area contributed by atoms with Gasteiger partial charge in [0.2, 0.25) is 11.8 Å². The van der Waals surface area contributed by atoms with Crippen LogP contribution in [0.3, 0.4) is 0 Å². The molecule has 0 aromatic heterocycles. The lowest BCUT2D eigenvalue weighted by Crippen LogP contribution is -2.54. The summed E-state index contributed by atoms with van der Waals surface area (Å²) in [6, 6.07) is 5.93. The molecule has 1 unspecified atom stereocenters. The van der Waals surface area contributed by atoms with Gasteiger partial charge in [-0.1, -0.05) is 29.4 Å². The number of amidine groups is 1. The van der Waals surface area contributed by atoms with E-state index in [1.807, 2.05) is 0 Å². The molecule has 244 valence electrons. The molecule has 45 heavy (non-hydrogen) atoms. The highest BCUT2D eigenvalue weighted by molar-refractivity contribution is 6.05. The van der Waals surface area contributed by atoms with Gasteiger partial charge in [0, 0.05) is 18.5 Å². The maximum Gasteiger partial charge on any atom is 0.436 e. The first-order valence-electron chi connectivity index (χ1n) is 15.8. The molecule has 2 atom stereocenters. The van der Waals surface area contributed by atoms with Crippen LogP contribution in [-0.2, 0) is 28.7 Å². The lowest BCUT2D eigenvalue weighted by Gasteiger charge is -2.57. The zero-order chi connectivity index (χ0) is 32.4. The van der Waals surface area contributed by atoms with E-state index in [-0.39, 0.29) is 30.0 Å². The van der Waals surface area contributed by atoms with Gasteiger partial charge in [-0.3, -0.25) is 14.4 Å². The number of carbonyl (C=O) groups excluding carboxylic acids is 4. The first-order chi connectivity index (χ1) is 21.3. The van der Waals surface area contributed by atoms with Crippen LogP contribution in [-0.4, -0.2) is 66.8 Å². The second kappa shape index (κ2) is 13.2. The second-order valence-electron chi connectivity index (χ2n) is 14.3. The smallest absolute Gasteiger partial charge is 0.436 e. The lowest BCUT2D eigenvalue weighted by molar-refractivity contribution is -0.144. The van der Waals surface area contributed by atoms with Crippen molar-refractivity contribution in [3.8, 4) is 0 Å². The minimum atomic E-state index is -1.04. The van der Waals surface area contributed by atoms with E-state index in [2.05, 4.69) is 20.8 Å². The Bertz CT molecular complexity index is 1330. The summed E-state index contributed by atoms with van der Waals surface area (Å²) in [5.74, 6) is 0.927. The Balaban J connectivity index is 1.12. The fraction of sp³-hybridized carbons (Fsp3) is 0.636. The molecule has 3 amide bonds. The number of hydrogen-bond donors (Lipinski definition) is 3. The Kier molecular flexibility index (Phi) is 9.50. The number of carbonyl (C=O) groups is 4. The van der Waals surface area contributed by atoms with E-state index >= 15 is 0 Å². The molecule has 1 heterocycles. The molecule has 5 aliphatic rings. The van der Waals surface area contributed by atoms with Gasteiger partial charge in [-0.05, 0) is 88.0 Å². The van der Waals surface area contributed by atoms with Gasteiger partial charge in [-0.15, -0.1) is 0 Å². The molecule has 1 aromatic rings. The summed E-state index contributed by atoms with van der Waals surface area (Å²) >= 11 is 0. The number of esters is 1. The van der Waals surface area contributed by atoms with E-state index in [0.717, 1.165) is 42.6 Å². The molecule has 1 aliphatic heterocycles. The van der Waals surface area contributed by atoms with Crippen molar-refractivity contribution in [3.63, 3.8) is 0 Å². The summed E-state index contributed by atoms with van der Waals surface area (Å²) in [7, 11) is 1.26. The topological polar surface area (TPSA) is 171 Å². The van der Waals surface area contributed by atoms with Crippen LogP contribution in [0.1, 0.15) is 89.7 Å². The molecule has 4 N–H and O–H groups in total. The molecular weight excluding hydrogens is 578 g/mol. The Morgan fingerprint density at radius 1 is 1.07 bits per heavy atom. The number of nitrogens with two attached hydrogens (primary N) is 1. The van der Waals surface area contributed by atoms with Crippen LogP contribution >= 0.6 is 0 Å². The van der Waals surface area contributed by atoms with Crippen molar-refractivity contribution in [3.05, 3.63) is 35.4 Å². The maximum atomic E-state index is 13.3. The largest absolute Gasteiger partial charge is 0.469 e. The zero-order valence-electron chi connectivity index (χ0n) is 26.6. The van der Waals surface area contributed by atoms with Crippen molar-refractivity contribution in [2.24, 2.45) is 39.1 Å². The summed E-state index contributed by atoms with van der Waals surface area (Å²) in [6.07, 6.45) is 6.14. The van der Waals surface area contributed by atoms with E-state index < -0.39 is 35.7 Å². The van der Waals surface area contributed by atoms with E-state index in [1.54, 1.807) is 45.0 Å². The average Bonchev–Trinajstić information content (AvgIpc) is 3.42. The quantitative estimate of drug-likeness (QED) is 0.202. The number of benzene rings is 1. The van der Waals surface area contributed by atoms with Crippen LogP contribution in [0, 0.1) is 23.2 Å². The average molecular weight is 624 g/mol. The number of ether oxygens (including phenoxy) is 2. The fourth-order valence-corrected chi connectivity index (χ4v) is 7.81. The summed E-state index contributed by atoms with van der Waals surface area (Å²) in [6.45, 7) is 5.80. The van der Waals surface area contributed by atoms with Crippen LogP contribution in [0.25, 0.3) is 0 Å². The van der Waals surface area contributed by atoms with Crippen LogP contribution < -0.4 is 16.4 Å². The standard InChI is InChI=1S/C33H45N5O7/c1-32(2,3)44-31(42)37-29(34)23-7-5-22(6-8-23)25-12-24(45-38-25)13-27(39)36-26(14-28(40)43-4)30(41)35-18-33-15-19-9-20(16-33)11-21(10-19)17-33/h5-8,19-21,24,26H,9-18H2,1-4H3,(H,35,41)(H,36,39)(H2,34,37,42)/t19?,20?,21?,24?,26-,33?/m0/s1. The lowest BCUT2D eigenvalue weighted by atomic mass is 9.49. The molecule has 0 saturated heterocycles. The number of aliphatic imine (C=N–C) groups is 1. The van der Waals surface area contributed by atoms with E-state index in [9.17, 15) is 19.2 Å².